The maximum Gasteiger partial charge on any atom is 0.254 e. The Bertz CT molecular complexity index is 973. The van der Waals surface area contributed by atoms with Crippen LogP contribution >= 0.6 is 0 Å². The highest BCUT2D eigenvalue weighted by molar-refractivity contribution is 5.95. The molecule has 1 fully saturated rings. The third-order valence-corrected chi connectivity index (χ3v) is 5.34. The molecule has 1 saturated carbocycles. The molecule has 0 radical (unpaired) electrons. The first kappa shape index (κ1) is 21.3. The maximum atomic E-state index is 12.7. The molecule has 1 aliphatic carbocycles. The normalized spacial score (nSPS) is 18.5. The largest absolute Gasteiger partial charge is 0.474 e. The molecule has 3 rings (SSSR count). The Labute approximate surface area is 176 Å². The van der Waals surface area contributed by atoms with E-state index in [9.17, 15) is 14.9 Å². The van der Waals surface area contributed by atoms with Gasteiger partial charge in [0, 0.05) is 17.8 Å². The highest BCUT2D eigenvalue weighted by atomic mass is 16.5. The van der Waals surface area contributed by atoms with Gasteiger partial charge in [-0.25, -0.2) is 4.98 Å². The molecule has 1 aromatic carbocycles. The molecule has 3 N–H and O–H groups in total. The Kier molecular flexibility index (Phi) is 6.68. The zero-order valence-corrected chi connectivity index (χ0v) is 17.2. The van der Waals surface area contributed by atoms with Crippen molar-refractivity contribution in [1.82, 2.24) is 10.3 Å². The molecular weight excluding hydrogens is 380 g/mol. The van der Waals surface area contributed by atoms with Gasteiger partial charge in [-0.2, -0.15) is 5.26 Å². The molecule has 0 spiro atoms. The molecule has 0 aliphatic heterocycles. The van der Waals surface area contributed by atoms with Crippen LogP contribution in [0.1, 0.15) is 77.3 Å². The Morgan fingerprint density at radius 1 is 1.23 bits per heavy atom. The Hall–Kier alpha value is -3.40. The van der Waals surface area contributed by atoms with Gasteiger partial charge >= 0.3 is 0 Å². The number of ether oxygens (including phenoxy) is 1. The van der Waals surface area contributed by atoms with E-state index in [1.54, 1.807) is 24.4 Å². The number of hydrogen-bond acceptors (Lipinski definition) is 5. The van der Waals surface area contributed by atoms with Crippen LogP contribution in [0.3, 0.4) is 0 Å². The molecule has 1 heterocycles. The van der Waals surface area contributed by atoms with Gasteiger partial charge in [0.15, 0.2) is 0 Å². The Morgan fingerprint density at radius 2 is 1.97 bits per heavy atom. The van der Waals surface area contributed by atoms with Crippen molar-refractivity contribution in [3.8, 4) is 11.9 Å². The van der Waals surface area contributed by atoms with Gasteiger partial charge < -0.3 is 15.8 Å². The van der Waals surface area contributed by atoms with Crippen LogP contribution in [-0.2, 0) is 0 Å². The number of amides is 2. The van der Waals surface area contributed by atoms with E-state index in [1.165, 1.54) is 0 Å². The fraction of sp³-hybridized carbons (Fsp3) is 0.391. The second-order valence-electron chi connectivity index (χ2n) is 7.90. The minimum Gasteiger partial charge on any atom is -0.474 e. The van der Waals surface area contributed by atoms with Crippen LogP contribution in [0.15, 0.2) is 36.5 Å². The van der Waals surface area contributed by atoms with Gasteiger partial charge in [0.2, 0.25) is 5.88 Å². The van der Waals surface area contributed by atoms with E-state index < -0.39 is 5.91 Å². The molecule has 0 unspecified atom stereocenters. The van der Waals surface area contributed by atoms with E-state index >= 15 is 0 Å². The fourth-order valence-corrected chi connectivity index (χ4v) is 3.60. The highest BCUT2D eigenvalue weighted by Crippen LogP contribution is 2.25. The topological polar surface area (TPSA) is 118 Å². The Balaban J connectivity index is 1.59. The predicted octanol–water partition coefficient (Wildman–Crippen LogP) is 3.30. The van der Waals surface area contributed by atoms with Crippen LogP contribution in [0.5, 0.6) is 5.88 Å². The maximum absolute atomic E-state index is 12.7. The number of nitrogens with zero attached hydrogens (tertiary/aromatic N) is 2. The van der Waals surface area contributed by atoms with Gasteiger partial charge in [0.25, 0.3) is 11.8 Å². The van der Waals surface area contributed by atoms with Crippen molar-refractivity contribution in [2.45, 2.75) is 57.6 Å². The average Bonchev–Trinajstić information content (AvgIpc) is 2.74. The van der Waals surface area contributed by atoms with E-state index in [0.29, 0.717) is 11.1 Å². The minimum atomic E-state index is -0.570. The first-order valence-electron chi connectivity index (χ1n) is 10.1. The number of primary amides is 1. The van der Waals surface area contributed by atoms with E-state index in [4.69, 9.17) is 10.5 Å². The zero-order valence-electron chi connectivity index (χ0n) is 17.2. The molecule has 0 saturated heterocycles. The van der Waals surface area contributed by atoms with Gasteiger partial charge in [-0.1, -0.05) is 13.8 Å². The first-order valence-corrected chi connectivity index (χ1v) is 10.1. The van der Waals surface area contributed by atoms with Crippen LogP contribution < -0.4 is 15.8 Å². The summed E-state index contributed by atoms with van der Waals surface area (Å²) in [5.41, 5.74) is 7.61. The number of aromatic nitrogens is 1. The fourth-order valence-electron chi connectivity index (χ4n) is 3.60. The quantitative estimate of drug-likeness (QED) is 0.763. The lowest BCUT2D eigenvalue weighted by Gasteiger charge is -2.29. The van der Waals surface area contributed by atoms with Gasteiger partial charge in [0.05, 0.1) is 11.6 Å². The molecule has 0 bridgehead atoms. The lowest BCUT2D eigenvalue weighted by atomic mass is 9.92. The van der Waals surface area contributed by atoms with Crippen molar-refractivity contribution in [3.05, 3.63) is 58.8 Å². The highest BCUT2D eigenvalue weighted by Gasteiger charge is 2.25. The molecule has 1 aliphatic rings. The number of carbonyl (C=O) groups is 2. The summed E-state index contributed by atoms with van der Waals surface area (Å²) in [7, 11) is 0. The van der Waals surface area contributed by atoms with Crippen molar-refractivity contribution < 1.29 is 14.3 Å². The van der Waals surface area contributed by atoms with Crippen LogP contribution in [0.4, 0.5) is 0 Å². The smallest absolute Gasteiger partial charge is 0.254 e. The molecule has 2 amide bonds. The number of rotatable bonds is 6. The van der Waals surface area contributed by atoms with Crippen molar-refractivity contribution in [2.75, 3.05) is 0 Å². The number of nitrogens with one attached hydrogen (secondary N) is 1. The van der Waals surface area contributed by atoms with E-state index in [2.05, 4.69) is 16.4 Å². The SMILES string of the molecule is CC(C)c1cc(C#N)cc(C(=O)N[C@H]2CC[C@H](Oc3ncccc3C(N)=O)CC2)c1. The van der Waals surface area contributed by atoms with Crippen molar-refractivity contribution in [1.29, 1.82) is 5.26 Å². The summed E-state index contributed by atoms with van der Waals surface area (Å²) in [6.45, 7) is 4.06. The van der Waals surface area contributed by atoms with Crippen molar-refractivity contribution >= 4 is 11.8 Å². The number of nitrogens with two attached hydrogens (primary N) is 1. The summed E-state index contributed by atoms with van der Waals surface area (Å²) in [4.78, 5) is 28.4. The number of hydrogen-bond donors (Lipinski definition) is 2. The minimum absolute atomic E-state index is 0.0323. The average molecular weight is 406 g/mol. The van der Waals surface area contributed by atoms with Crippen LogP contribution in [-0.4, -0.2) is 28.9 Å². The standard InChI is InChI=1S/C23H26N4O3/c1-14(2)16-10-15(13-24)11-17(12-16)22(29)27-18-5-7-19(8-6-18)30-23-20(21(25)28)4-3-9-26-23/h3-4,9-12,14,18-19H,5-8H2,1-2H3,(H2,25,28)(H,27,29)/t18-,19-. The van der Waals surface area contributed by atoms with Gasteiger partial charge in [-0.3, -0.25) is 9.59 Å². The molecule has 7 nitrogen and oxygen atoms in total. The molecule has 0 atom stereocenters. The third kappa shape index (κ3) is 5.15. The van der Waals surface area contributed by atoms with E-state index in [0.717, 1.165) is 31.2 Å². The van der Waals surface area contributed by atoms with Crippen LogP contribution in [0.25, 0.3) is 0 Å². The second-order valence-corrected chi connectivity index (χ2v) is 7.90. The number of carbonyl (C=O) groups excluding carboxylic acids is 2. The first-order chi connectivity index (χ1) is 14.4. The molecular formula is C23H26N4O3. The summed E-state index contributed by atoms with van der Waals surface area (Å²) in [6.07, 6.45) is 4.45. The monoisotopic (exact) mass is 406 g/mol. The van der Waals surface area contributed by atoms with E-state index in [-0.39, 0.29) is 35.4 Å². The second kappa shape index (κ2) is 9.40. The molecule has 2 aromatic rings. The summed E-state index contributed by atoms with van der Waals surface area (Å²) >= 11 is 0. The van der Waals surface area contributed by atoms with Gasteiger partial charge in [0.1, 0.15) is 11.7 Å². The molecule has 30 heavy (non-hydrogen) atoms. The number of benzene rings is 1. The Morgan fingerprint density at radius 3 is 2.60 bits per heavy atom. The molecule has 156 valence electrons. The number of pyridine rings is 1. The zero-order chi connectivity index (χ0) is 21.7. The van der Waals surface area contributed by atoms with Crippen molar-refractivity contribution in [3.63, 3.8) is 0 Å². The van der Waals surface area contributed by atoms with Gasteiger partial charge in [-0.15, -0.1) is 0 Å². The predicted molar refractivity (Wildman–Crippen MR) is 112 cm³/mol. The summed E-state index contributed by atoms with van der Waals surface area (Å²) in [6, 6.07) is 10.7. The van der Waals surface area contributed by atoms with Gasteiger partial charge in [-0.05, 0) is 67.5 Å². The third-order valence-electron chi connectivity index (χ3n) is 5.34. The molecule has 1 aromatic heterocycles. The summed E-state index contributed by atoms with van der Waals surface area (Å²) < 4.78 is 5.90. The lowest BCUT2D eigenvalue weighted by molar-refractivity contribution is 0.0881. The molecule has 7 heteroatoms. The summed E-state index contributed by atoms with van der Waals surface area (Å²) in [5.74, 6) is -0.250. The number of nitriles is 1. The van der Waals surface area contributed by atoms with Crippen LogP contribution in [0, 0.1) is 11.3 Å². The summed E-state index contributed by atoms with van der Waals surface area (Å²) in [5, 5.41) is 12.3. The van der Waals surface area contributed by atoms with Crippen LogP contribution in [0.2, 0.25) is 0 Å². The van der Waals surface area contributed by atoms with Crippen molar-refractivity contribution in [2.24, 2.45) is 5.73 Å². The van der Waals surface area contributed by atoms with E-state index in [1.807, 2.05) is 26.0 Å². The lowest BCUT2D eigenvalue weighted by Crippen LogP contribution is -2.40.